The fourth-order valence-electron chi connectivity index (χ4n) is 6.80. The Morgan fingerprint density at radius 1 is 0.623 bits per heavy atom. The maximum atomic E-state index is 15.3. The summed E-state index contributed by atoms with van der Waals surface area (Å²) in [5.74, 6) is 3.65. The number of methoxy groups -OCH3 is 8. The van der Waals surface area contributed by atoms with Gasteiger partial charge in [0.15, 0.2) is 34.5 Å². The van der Waals surface area contributed by atoms with Gasteiger partial charge in [0.2, 0.25) is 17.4 Å². The second kappa shape index (κ2) is 19.0. The van der Waals surface area contributed by atoms with Crippen LogP contribution in [0.15, 0.2) is 71.7 Å². The fourth-order valence-corrected chi connectivity index (χ4v) is 6.80. The summed E-state index contributed by atoms with van der Waals surface area (Å²) in [4.78, 5) is 22.2. The fraction of sp³-hybridized carbons (Fsp3) is 0.366. The standard InChI is InChI=1S/C41H48N2O9.ClH/c1-45-31-16-14-27(37(49-5)39(31)51-7)19-22-43(23-20-28-15-17-32(46-2)40(52-8)38(28)50-6)41(44)35(26-12-10-9-11-13-26)36-30-25-34(48-4)33(47-3)24-29(30)18-21-42-36;/h9-17,24-25,35H,18-23H2,1-8H3;1H/p-1. The molecule has 53 heavy (non-hydrogen) atoms. The number of rotatable bonds is 17. The molecule has 0 bridgehead atoms. The van der Waals surface area contributed by atoms with Gasteiger partial charge in [-0.1, -0.05) is 42.5 Å². The number of ether oxygens (including phenoxy) is 8. The second-order valence-electron chi connectivity index (χ2n) is 12.0. The van der Waals surface area contributed by atoms with Crippen LogP contribution >= 0.6 is 0 Å². The Labute approximate surface area is 318 Å². The van der Waals surface area contributed by atoms with Gasteiger partial charge in [-0.05, 0) is 54.7 Å². The Bertz CT molecular complexity index is 1820. The van der Waals surface area contributed by atoms with Crippen LogP contribution in [-0.4, -0.2) is 93.0 Å². The van der Waals surface area contributed by atoms with Gasteiger partial charge in [-0.3, -0.25) is 9.79 Å². The van der Waals surface area contributed by atoms with Crippen molar-refractivity contribution in [2.75, 3.05) is 76.5 Å². The number of nitrogens with zero attached hydrogens (tertiary/aromatic N) is 2. The van der Waals surface area contributed by atoms with Crippen molar-refractivity contribution in [2.45, 2.75) is 25.2 Å². The largest absolute Gasteiger partial charge is 1.00 e. The van der Waals surface area contributed by atoms with Gasteiger partial charge in [-0.25, -0.2) is 0 Å². The lowest BCUT2D eigenvalue weighted by Crippen LogP contribution is -3.00. The van der Waals surface area contributed by atoms with Gasteiger partial charge in [-0.15, -0.1) is 0 Å². The van der Waals surface area contributed by atoms with Crippen molar-refractivity contribution >= 4 is 11.6 Å². The predicted molar refractivity (Wildman–Crippen MR) is 200 cm³/mol. The van der Waals surface area contributed by atoms with E-state index >= 15 is 4.79 Å². The first-order valence-corrected chi connectivity index (χ1v) is 17.1. The smallest absolute Gasteiger partial charge is 0.236 e. The Morgan fingerprint density at radius 2 is 1.11 bits per heavy atom. The van der Waals surface area contributed by atoms with Crippen LogP contribution in [0.25, 0.3) is 0 Å². The van der Waals surface area contributed by atoms with Crippen LogP contribution in [-0.2, 0) is 24.1 Å². The van der Waals surface area contributed by atoms with E-state index in [0.717, 1.165) is 34.2 Å². The van der Waals surface area contributed by atoms with Crippen molar-refractivity contribution in [3.63, 3.8) is 0 Å². The van der Waals surface area contributed by atoms with Crippen molar-refractivity contribution < 1.29 is 55.1 Å². The Balaban J connectivity index is 0.00000627. The molecule has 1 aliphatic heterocycles. The molecule has 1 heterocycles. The molecular formula is C41H48ClN2O9-. The van der Waals surface area contributed by atoms with E-state index in [-0.39, 0.29) is 18.3 Å². The zero-order valence-electron chi connectivity index (χ0n) is 31.6. The molecule has 12 heteroatoms. The van der Waals surface area contributed by atoms with Crippen LogP contribution in [0.3, 0.4) is 0 Å². The van der Waals surface area contributed by atoms with Crippen LogP contribution in [0.1, 0.15) is 33.7 Å². The highest BCUT2D eigenvalue weighted by molar-refractivity contribution is 6.18. The number of carbonyl (C=O) groups excluding carboxylic acids is 1. The lowest BCUT2D eigenvalue weighted by atomic mass is 9.84. The number of aliphatic imine (C=N–C) groups is 1. The molecular weight excluding hydrogens is 700 g/mol. The summed E-state index contributed by atoms with van der Waals surface area (Å²) in [6.07, 6.45) is 1.68. The summed E-state index contributed by atoms with van der Waals surface area (Å²) in [6, 6.07) is 21.3. The summed E-state index contributed by atoms with van der Waals surface area (Å²) >= 11 is 0. The van der Waals surface area contributed by atoms with E-state index in [9.17, 15) is 0 Å². The SMILES string of the molecule is COc1cc2c(cc1OC)C(C(C(=O)N(CCc1ccc(OC)c(OC)c1OC)CCc1ccc(OC)c(OC)c1OC)c1ccccc1)=NCC2.[Cl-]. The molecule has 1 aliphatic rings. The van der Waals surface area contributed by atoms with Gasteiger partial charge in [0.25, 0.3) is 0 Å². The number of hydrogen-bond donors (Lipinski definition) is 0. The molecule has 0 aliphatic carbocycles. The summed E-state index contributed by atoms with van der Waals surface area (Å²) in [5, 5.41) is 0. The van der Waals surface area contributed by atoms with Crippen LogP contribution in [0, 0.1) is 0 Å². The highest BCUT2D eigenvalue weighted by atomic mass is 35.5. The molecule has 0 N–H and O–H groups in total. The van der Waals surface area contributed by atoms with Crippen molar-refractivity contribution in [1.29, 1.82) is 0 Å². The molecule has 4 aromatic carbocycles. The maximum Gasteiger partial charge on any atom is 0.236 e. The molecule has 0 saturated carbocycles. The summed E-state index contributed by atoms with van der Waals surface area (Å²) in [6.45, 7) is 1.28. The second-order valence-corrected chi connectivity index (χ2v) is 12.0. The minimum atomic E-state index is -0.696. The van der Waals surface area contributed by atoms with Crippen LogP contribution < -0.4 is 50.3 Å². The molecule has 0 radical (unpaired) electrons. The Morgan fingerprint density at radius 3 is 1.58 bits per heavy atom. The molecule has 0 aromatic heterocycles. The molecule has 1 unspecified atom stereocenters. The number of fused-ring (bicyclic) bond motifs is 1. The van der Waals surface area contributed by atoms with Gasteiger partial charge in [0.05, 0.1) is 62.6 Å². The zero-order valence-corrected chi connectivity index (χ0v) is 32.4. The molecule has 1 atom stereocenters. The van der Waals surface area contributed by atoms with Gasteiger partial charge in [-0.2, -0.15) is 0 Å². The van der Waals surface area contributed by atoms with E-state index in [1.807, 2.05) is 71.6 Å². The van der Waals surface area contributed by atoms with E-state index in [0.29, 0.717) is 84.2 Å². The van der Waals surface area contributed by atoms with Gasteiger partial charge in [0.1, 0.15) is 5.92 Å². The molecule has 0 fully saturated rings. The van der Waals surface area contributed by atoms with E-state index < -0.39 is 5.92 Å². The third-order valence-electron chi connectivity index (χ3n) is 9.39. The van der Waals surface area contributed by atoms with E-state index in [2.05, 4.69) is 0 Å². The number of hydrogen-bond acceptors (Lipinski definition) is 10. The Hall–Kier alpha value is -5.29. The third-order valence-corrected chi connectivity index (χ3v) is 9.39. The summed E-state index contributed by atoms with van der Waals surface area (Å²) in [5.41, 5.74) is 5.19. The van der Waals surface area contributed by atoms with E-state index in [4.69, 9.17) is 42.9 Å². The minimum Gasteiger partial charge on any atom is -1.00 e. The van der Waals surface area contributed by atoms with E-state index in [1.165, 1.54) is 0 Å². The van der Waals surface area contributed by atoms with Gasteiger partial charge < -0.3 is 55.2 Å². The normalized spacial score (nSPS) is 12.3. The van der Waals surface area contributed by atoms with Crippen molar-refractivity contribution in [1.82, 2.24) is 4.90 Å². The lowest BCUT2D eigenvalue weighted by Gasteiger charge is -2.31. The molecule has 284 valence electrons. The zero-order chi connectivity index (χ0) is 37.2. The predicted octanol–water partition coefficient (Wildman–Crippen LogP) is 3.20. The van der Waals surface area contributed by atoms with Crippen LogP contribution in [0.2, 0.25) is 0 Å². The maximum absolute atomic E-state index is 15.3. The van der Waals surface area contributed by atoms with Crippen molar-refractivity contribution in [3.05, 3.63) is 94.5 Å². The van der Waals surface area contributed by atoms with Gasteiger partial charge >= 0.3 is 0 Å². The summed E-state index contributed by atoms with van der Waals surface area (Å²) < 4.78 is 45.3. The van der Waals surface area contributed by atoms with Gasteiger partial charge in [0, 0.05) is 36.3 Å². The minimum absolute atomic E-state index is 0. The summed E-state index contributed by atoms with van der Waals surface area (Å²) in [7, 11) is 12.7. The van der Waals surface area contributed by atoms with Crippen molar-refractivity contribution in [2.24, 2.45) is 4.99 Å². The average molecular weight is 748 g/mol. The highest BCUT2D eigenvalue weighted by Crippen LogP contribution is 2.42. The van der Waals surface area contributed by atoms with Crippen LogP contribution in [0.5, 0.6) is 46.0 Å². The number of amides is 1. The third kappa shape index (κ3) is 8.52. The molecule has 11 nitrogen and oxygen atoms in total. The average Bonchev–Trinajstić information content (AvgIpc) is 3.19. The molecule has 4 aromatic rings. The van der Waals surface area contributed by atoms with Crippen LogP contribution in [0.4, 0.5) is 0 Å². The first-order valence-electron chi connectivity index (χ1n) is 17.1. The monoisotopic (exact) mass is 747 g/mol. The first-order chi connectivity index (χ1) is 25.4. The quantitative estimate of drug-likeness (QED) is 0.161. The van der Waals surface area contributed by atoms with E-state index in [1.54, 1.807) is 56.9 Å². The lowest BCUT2D eigenvalue weighted by molar-refractivity contribution is -0.131. The number of halogens is 1. The molecule has 5 rings (SSSR count). The topological polar surface area (TPSA) is 107 Å². The highest BCUT2D eigenvalue weighted by Gasteiger charge is 2.34. The molecule has 0 spiro atoms. The van der Waals surface area contributed by atoms with Crippen molar-refractivity contribution in [3.8, 4) is 46.0 Å². The molecule has 0 saturated heterocycles. The number of carbonyl (C=O) groups is 1. The molecule has 1 amide bonds. The Kier molecular flexibility index (Phi) is 14.5. The number of benzene rings is 4. The first kappa shape index (κ1) is 40.5.